The number of hydrogen-bond donors (Lipinski definition) is 2. The first-order valence-electron chi connectivity index (χ1n) is 5.77. The molecule has 0 atom stereocenters. The van der Waals surface area contributed by atoms with Crippen LogP contribution in [-0.4, -0.2) is 35.7 Å². The highest BCUT2D eigenvalue weighted by atomic mass is 32.2. The molecule has 19 heavy (non-hydrogen) atoms. The fourth-order valence-corrected chi connectivity index (χ4v) is 2.71. The number of para-hydroxylation sites is 1. The van der Waals surface area contributed by atoms with Crippen molar-refractivity contribution in [1.82, 2.24) is 9.97 Å². The maximum atomic E-state index is 11.6. The lowest BCUT2D eigenvalue weighted by atomic mass is 10.2. The van der Waals surface area contributed by atoms with Crippen LogP contribution in [0.4, 0.5) is 0 Å². The standard InChI is InChI=1S/C12H14N2O4S/c1-19(17,18)9-5-2-4-8-12(9)14-10(13-8)6-3-7-11(15)16/h2,4-5H,3,6-7H2,1H3,(H,13,14)(H,15,16). The molecule has 7 heteroatoms. The lowest BCUT2D eigenvalue weighted by Gasteiger charge is -1.97. The molecule has 0 aliphatic carbocycles. The molecule has 0 fully saturated rings. The zero-order valence-electron chi connectivity index (χ0n) is 10.4. The van der Waals surface area contributed by atoms with E-state index < -0.39 is 15.8 Å². The second kappa shape index (κ2) is 5.00. The second-order valence-electron chi connectivity index (χ2n) is 4.36. The predicted molar refractivity (Wildman–Crippen MR) is 69.8 cm³/mol. The smallest absolute Gasteiger partial charge is 0.303 e. The highest BCUT2D eigenvalue weighted by Crippen LogP contribution is 2.21. The van der Waals surface area contributed by atoms with Crippen molar-refractivity contribution in [2.45, 2.75) is 24.2 Å². The molecule has 1 heterocycles. The Morgan fingerprint density at radius 2 is 2.16 bits per heavy atom. The minimum Gasteiger partial charge on any atom is -0.481 e. The normalized spacial score (nSPS) is 11.8. The first kappa shape index (κ1) is 13.5. The fourth-order valence-electron chi connectivity index (χ4n) is 1.88. The zero-order chi connectivity index (χ0) is 14.0. The van der Waals surface area contributed by atoms with Gasteiger partial charge in [-0.15, -0.1) is 0 Å². The largest absolute Gasteiger partial charge is 0.481 e. The van der Waals surface area contributed by atoms with Crippen LogP contribution in [0.5, 0.6) is 0 Å². The number of carbonyl (C=O) groups is 1. The molecular weight excluding hydrogens is 268 g/mol. The lowest BCUT2D eigenvalue weighted by Crippen LogP contribution is -1.98. The molecular formula is C12H14N2O4S. The van der Waals surface area contributed by atoms with Crippen LogP contribution in [0.25, 0.3) is 11.0 Å². The quantitative estimate of drug-likeness (QED) is 0.862. The molecule has 2 aromatic rings. The van der Waals surface area contributed by atoms with E-state index in [2.05, 4.69) is 9.97 Å². The highest BCUT2D eigenvalue weighted by Gasteiger charge is 2.15. The van der Waals surface area contributed by atoms with Crippen molar-refractivity contribution in [1.29, 1.82) is 0 Å². The van der Waals surface area contributed by atoms with Gasteiger partial charge in [0.2, 0.25) is 0 Å². The number of aromatic nitrogens is 2. The van der Waals surface area contributed by atoms with Crippen LogP contribution in [-0.2, 0) is 21.1 Å². The first-order valence-corrected chi connectivity index (χ1v) is 7.66. The summed E-state index contributed by atoms with van der Waals surface area (Å²) in [7, 11) is -3.33. The van der Waals surface area contributed by atoms with Crippen molar-refractivity contribution in [2.24, 2.45) is 0 Å². The number of hydrogen-bond acceptors (Lipinski definition) is 4. The van der Waals surface area contributed by atoms with E-state index in [1.54, 1.807) is 12.1 Å². The number of sulfone groups is 1. The molecule has 2 rings (SSSR count). The summed E-state index contributed by atoms with van der Waals surface area (Å²) in [5.74, 6) is -0.250. The van der Waals surface area contributed by atoms with E-state index in [9.17, 15) is 13.2 Å². The van der Waals surface area contributed by atoms with Gasteiger partial charge in [-0.1, -0.05) is 6.07 Å². The molecule has 0 radical (unpaired) electrons. The molecule has 102 valence electrons. The molecule has 0 saturated carbocycles. The molecule has 0 aliphatic heterocycles. The Balaban J connectivity index is 2.33. The number of carboxylic acids is 1. The number of H-pyrrole nitrogens is 1. The number of fused-ring (bicyclic) bond motifs is 1. The van der Waals surface area contributed by atoms with Crippen LogP contribution in [0.2, 0.25) is 0 Å². The van der Waals surface area contributed by atoms with E-state index in [-0.39, 0.29) is 11.3 Å². The van der Waals surface area contributed by atoms with Crippen LogP contribution in [0, 0.1) is 0 Å². The Hall–Kier alpha value is -1.89. The van der Waals surface area contributed by atoms with Gasteiger partial charge in [-0.3, -0.25) is 4.79 Å². The Bertz CT molecular complexity index is 718. The van der Waals surface area contributed by atoms with Gasteiger partial charge in [0.15, 0.2) is 9.84 Å². The summed E-state index contributed by atoms with van der Waals surface area (Å²) in [4.78, 5) is 17.9. The molecule has 2 N–H and O–H groups in total. The van der Waals surface area contributed by atoms with Gasteiger partial charge in [-0.05, 0) is 18.6 Å². The molecule has 0 amide bonds. The SMILES string of the molecule is CS(=O)(=O)c1cccc2[nH]c(CCCC(=O)O)nc12. The number of imidazole rings is 1. The number of aryl methyl sites for hydroxylation is 1. The van der Waals surface area contributed by atoms with E-state index in [0.29, 0.717) is 29.7 Å². The summed E-state index contributed by atoms with van der Waals surface area (Å²) < 4.78 is 23.3. The van der Waals surface area contributed by atoms with E-state index in [1.807, 2.05) is 0 Å². The van der Waals surface area contributed by atoms with Gasteiger partial charge in [-0.2, -0.15) is 0 Å². The molecule has 0 saturated heterocycles. The van der Waals surface area contributed by atoms with Crippen molar-refractivity contribution < 1.29 is 18.3 Å². The minimum atomic E-state index is -3.33. The van der Waals surface area contributed by atoms with Gasteiger partial charge in [0.1, 0.15) is 11.3 Å². The van der Waals surface area contributed by atoms with Gasteiger partial charge in [0.05, 0.1) is 10.4 Å². The third kappa shape index (κ3) is 3.11. The number of carboxylic acid groups (broad SMARTS) is 1. The van der Waals surface area contributed by atoms with Crippen molar-refractivity contribution in [3.8, 4) is 0 Å². The molecule has 1 aromatic carbocycles. The van der Waals surface area contributed by atoms with Crippen LogP contribution in [0.3, 0.4) is 0 Å². The average Bonchev–Trinajstić information content (AvgIpc) is 2.69. The first-order chi connectivity index (χ1) is 8.88. The zero-order valence-corrected chi connectivity index (χ0v) is 11.2. The van der Waals surface area contributed by atoms with Gasteiger partial charge in [0.25, 0.3) is 0 Å². The predicted octanol–water partition coefficient (Wildman–Crippen LogP) is 1.37. The van der Waals surface area contributed by atoms with E-state index in [4.69, 9.17) is 5.11 Å². The van der Waals surface area contributed by atoms with Gasteiger partial charge >= 0.3 is 5.97 Å². The number of nitrogens with zero attached hydrogens (tertiary/aromatic N) is 1. The molecule has 6 nitrogen and oxygen atoms in total. The average molecular weight is 282 g/mol. The Morgan fingerprint density at radius 1 is 1.42 bits per heavy atom. The highest BCUT2D eigenvalue weighted by molar-refractivity contribution is 7.91. The van der Waals surface area contributed by atoms with Crippen LogP contribution in [0.1, 0.15) is 18.7 Å². The summed E-state index contributed by atoms with van der Waals surface area (Å²) in [5, 5.41) is 8.57. The van der Waals surface area contributed by atoms with Crippen LogP contribution in [0.15, 0.2) is 23.1 Å². The summed E-state index contributed by atoms with van der Waals surface area (Å²) in [6.07, 6.45) is 2.14. The van der Waals surface area contributed by atoms with Crippen molar-refractivity contribution in [3.63, 3.8) is 0 Å². The molecule has 0 aliphatic rings. The Kier molecular flexibility index (Phi) is 3.57. The van der Waals surface area contributed by atoms with Gasteiger partial charge < -0.3 is 10.1 Å². The monoisotopic (exact) mass is 282 g/mol. The second-order valence-corrected chi connectivity index (χ2v) is 6.34. The Labute approximate surface area is 110 Å². The number of aliphatic carboxylic acids is 1. The molecule has 0 spiro atoms. The third-order valence-corrected chi connectivity index (χ3v) is 3.86. The number of rotatable bonds is 5. The van der Waals surface area contributed by atoms with E-state index in [1.165, 1.54) is 6.07 Å². The lowest BCUT2D eigenvalue weighted by molar-refractivity contribution is -0.137. The topological polar surface area (TPSA) is 100 Å². The van der Waals surface area contributed by atoms with Crippen LogP contribution >= 0.6 is 0 Å². The van der Waals surface area contributed by atoms with Crippen molar-refractivity contribution in [3.05, 3.63) is 24.0 Å². The van der Waals surface area contributed by atoms with Crippen LogP contribution < -0.4 is 0 Å². The number of aromatic amines is 1. The van der Waals surface area contributed by atoms with E-state index in [0.717, 1.165) is 6.26 Å². The van der Waals surface area contributed by atoms with E-state index >= 15 is 0 Å². The number of nitrogens with one attached hydrogen (secondary N) is 1. The fraction of sp³-hybridized carbons (Fsp3) is 0.333. The third-order valence-electron chi connectivity index (χ3n) is 2.73. The molecule has 0 bridgehead atoms. The summed E-state index contributed by atoms with van der Waals surface area (Å²) in [6.45, 7) is 0. The van der Waals surface area contributed by atoms with Gasteiger partial charge in [-0.25, -0.2) is 13.4 Å². The summed E-state index contributed by atoms with van der Waals surface area (Å²) in [5.41, 5.74) is 1.06. The maximum Gasteiger partial charge on any atom is 0.303 e. The Morgan fingerprint density at radius 3 is 2.79 bits per heavy atom. The maximum absolute atomic E-state index is 11.6. The minimum absolute atomic E-state index is 0.0655. The van der Waals surface area contributed by atoms with Crippen molar-refractivity contribution in [2.75, 3.05) is 6.26 Å². The van der Waals surface area contributed by atoms with Gasteiger partial charge in [0, 0.05) is 19.1 Å². The number of benzene rings is 1. The van der Waals surface area contributed by atoms with Crippen molar-refractivity contribution >= 4 is 26.8 Å². The summed E-state index contributed by atoms with van der Waals surface area (Å²) >= 11 is 0. The molecule has 0 unspecified atom stereocenters. The summed E-state index contributed by atoms with van der Waals surface area (Å²) in [6, 6.07) is 4.91. The molecule has 1 aromatic heterocycles.